The van der Waals surface area contributed by atoms with Gasteiger partial charge in [-0.2, -0.15) is 0 Å². The number of benzene rings is 3. The number of hydrogen-bond acceptors (Lipinski definition) is 16. The van der Waals surface area contributed by atoms with Crippen LogP contribution in [0, 0.1) is 23.7 Å². The molecule has 11 atom stereocenters. The molecule has 0 aromatic heterocycles. The van der Waals surface area contributed by atoms with Gasteiger partial charge in [0.05, 0.1) is 37.3 Å². The lowest BCUT2D eigenvalue weighted by Crippen LogP contribution is -3.08. The topological polar surface area (TPSA) is 269 Å². The second-order valence-electron chi connectivity index (χ2n) is 17.1. The molecule has 1 fully saturated rings. The SMILES string of the molecule is COc1ccc2c3c1OCCC#C[C@H](c1ccccc1)[C@H]1Oc4cc5c(c(C[NH+]6CC7=CC=NC7=C6CO)c4[C@H](O3)[C@H]21)C#CC[C@]1(O)[C@H](O)[C@@H](O)[C@H](O5)O[C@@H]1[C@H](OC(=O)CC(=O)O)C(N)N. The number of rotatable bonds is 10. The van der Waals surface area contributed by atoms with Crippen LogP contribution in [0.5, 0.6) is 28.7 Å². The fourth-order valence-electron chi connectivity index (χ4n) is 10.1. The third kappa shape index (κ3) is 7.23. The van der Waals surface area contributed by atoms with Crippen LogP contribution in [-0.4, -0.2) is 119 Å². The van der Waals surface area contributed by atoms with Gasteiger partial charge in [-0.05, 0) is 17.7 Å². The van der Waals surface area contributed by atoms with Crippen molar-refractivity contribution in [3.05, 3.63) is 99.4 Å². The summed E-state index contributed by atoms with van der Waals surface area (Å²) in [7, 11) is 1.56. The molecule has 0 saturated carbocycles. The van der Waals surface area contributed by atoms with Gasteiger partial charge >= 0.3 is 11.9 Å². The number of fused-ring (bicyclic) bond motifs is 6. The van der Waals surface area contributed by atoms with E-state index in [1.54, 1.807) is 19.4 Å². The number of aliphatic hydroxyl groups is 4. The molecule has 8 heterocycles. The smallest absolute Gasteiger partial charge is 0.317 e. The van der Waals surface area contributed by atoms with Crippen molar-refractivity contribution in [2.24, 2.45) is 16.5 Å². The number of allylic oxidation sites excluding steroid dienone is 1. The lowest BCUT2D eigenvalue weighted by molar-refractivity contribution is -0.867. The summed E-state index contributed by atoms with van der Waals surface area (Å²) in [5.41, 5.74) is 15.1. The highest BCUT2D eigenvalue weighted by Gasteiger charge is 2.60. The lowest BCUT2D eigenvalue weighted by atomic mass is 9.75. The molecule has 1 saturated heterocycles. The summed E-state index contributed by atoms with van der Waals surface area (Å²) in [6.07, 6.45) is -9.89. The van der Waals surface area contributed by atoms with Crippen LogP contribution in [0.3, 0.4) is 0 Å². The van der Waals surface area contributed by atoms with Crippen LogP contribution in [-0.2, 0) is 25.6 Å². The van der Waals surface area contributed by atoms with Crippen LogP contribution in [0.15, 0.2) is 76.6 Å². The Labute approximate surface area is 377 Å². The Bertz CT molecular complexity index is 2720. The van der Waals surface area contributed by atoms with E-state index in [-0.39, 0.29) is 25.5 Å². The molecule has 0 radical (unpaired) electrons. The minimum Gasteiger partial charge on any atom is -0.493 e. The largest absolute Gasteiger partial charge is 0.493 e. The van der Waals surface area contributed by atoms with Crippen molar-refractivity contribution in [3.63, 3.8) is 0 Å². The van der Waals surface area contributed by atoms with Crippen molar-refractivity contribution in [1.82, 2.24) is 0 Å². The Morgan fingerprint density at radius 3 is 2.64 bits per heavy atom. The minimum absolute atomic E-state index is 0.0474. The Balaban J connectivity index is 1.17. The van der Waals surface area contributed by atoms with E-state index in [1.165, 1.54) is 0 Å². The van der Waals surface area contributed by atoms with E-state index in [0.29, 0.717) is 64.0 Å². The first kappa shape index (κ1) is 43.4. The summed E-state index contributed by atoms with van der Waals surface area (Å²) < 4.78 is 44.6. The first-order valence-corrected chi connectivity index (χ1v) is 21.5. The molecular formula is C48H47N4O14+. The first-order valence-electron chi connectivity index (χ1n) is 21.5. The molecule has 66 heavy (non-hydrogen) atoms. The quantitative estimate of drug-likeness (QED) is 0.0567. The van der Waals surface area contributed by atoms with E-state index in [4.69, 9.17) is 44.6 Å². The number of nitrogens with zero attached hydrogens (tertiary/aromatic N) is 1. The second kappa shape index (κ2) is 17.1. The highest BCUT2D eigenvalue weighted by atomic mass is 16.7. The van der Waals surface area contributed by atoms with E-state index >= 15 is 0 Å². The van der Waals surface area contributed by atoms with Gasteiger partial charge in [-0.25, -0.2) is 0 Å². The molecule has 0 amide bonds. The fraction of sp³-hybridized carbons (Fsp3) is 0.396. The summed E-state index contributed by atoms with van der Waals surface area (Å²) >= 11 is 0. The number of carboxylic acid groups (broad SMARTS) is 1. The molecule has 10 N–H and O–H groups in total. The molecule has 18 heteroatoms. The Morgan fingerprint density at radius 1 is 1.06 bits per heavy atom. The normalized spacial score (nSPS) is 29.9. The number of methoxy groups -OCH3 is 1. The Kier molecular flexibility index (Phi) is 11.2. The molecule has 3 aromatic rings. The molecule has 6 bridgehead atoms. The van der Waals surface area contributed by atoms with Gasteiger partial charge in [0.25, 0.3) is 0 Å². The molecule has 1 unspecified atom stereocenters. The van der Waals surface area contributed by atoms with Gasteiger partial charge in [0.2, 0.25) is 12.0 Å². The molecule has 18 nitrogen and oxygen atoms in total. The van der Waals surface area contributed by atoms with E-state index in [0.717, 1.165) is 21.6 Å². The number of ether oxygens (including phenoxy) is 7. The zero-order chi connectivity index (χ0) is 46.0. The monoisotopic (exact) mass is 903 g/mol. The summed E-state index contributed by atoms with van der Waals surface area (Å²) in [6.45, 7) is 0.632. The fourth-order valence-corrected chi connectivity index (χ4v) is 10.1. The maximum absolute atomic E-state index is 12.7. The molecule has 11 rings (SSSR count). The predicted molar refractivity (Wildman–Crippen MR) is 229 cm³/mol. The van der Waals surface area contributed by atoms with Crippen molar-refractivity contribution >= 4 is 18.2 Å². The average molecular weight is 904 g/mol. The number of carbonyl (C=O) groups excluding carboxylic acids is 1. The lowest BCUT2D eigenvalue weighted by Gasteiger charge is -2.50. The van der Waals surface area contributed by atoms with Gasteiger partial charge in [-0.1, -0.05) is 60.1 Å². The van der Waals surface area contributed by atoms with Crippen LogP contribution in [0.4, 0.5) is 0 Å². The number of carbonyl (C=O) groups is 2. The number of aliphatic carboxylic acids is 1. The molecule has 3 aromatic carbocycles. The van der Waals surface area contributed by atoms with Crippen LogP contribution in [0.2, 0.25) is 0 Å². The van der Waals surface area contributed by atoms with Crippen molar-refractivity contribution in [1.29, 1.82) is 0 Å². The Morgan fingerprint density at radius 2 is 1.88 bits per heavy atom. The first-order chi connectivity index (χ1) is 31.9. The average Bonchev–Trinajstić information content (AvgIpc) is 4.00. The Hall–Kier alpha value is -6.45. The number of quaternary nitrogens is 1. The van der Waals surface area contributed by atoms with E-state index in [9.17, 15) is 35.1 Å². The molecular weight excluding hydrogens is 857 g/mol. The number of hydrogen-bond donors (Lipinski definition) is 8. The number of esters is 1. The van der Waals surface area contributed by atoms with Crippen molar-refractivity contribution in [3.8, 4) is 52.4 Å². The van der Waals surface area contributed by atoms with Crippen LogP contribution in [0.1, 0.15) is 65.0 Å². The summed E-state index contributed by atoms with van der Waals surface area (Å²) in [4.78, 5) is 29.4. The van der Waals surface area contributed by atoms with Crippen molar-refractivity contribution in [2.45, 2.75) is 92.3 Å². The number of nitrogens with two attached hydrogens (primary N) is 2. The van der Waals surface area contributed by atoms with Gasteiger partial charge in [-0.3, -0.25) is 19.5 Å². The zero-order valence-corrected chi connectivity index (χ0v) is 35.5. The van der Waals surface area contributed by atoms with E-state index < -0.39 is 91.3 Å². The second-order valence-corrected chi connectivity index (χ2v) is 17.1. The van der Waals surface area contributed by atoms with Crippen LogP contribution < -0.4 is 40.1 Å². The summed E-state index contributed by atoms with van der Waals surface area (Å²) in [6, 6.07) is 15.2. The number of aliphatic imine (C=N–C) groups is 1. The number of nitrogens with one attached hydrogen (secondary N) is 1. The number of carboxylic acids is 1. The highest BCUT2D eigenvalue weighted by Crippen LogP contribution is 2.61. The van der Waals surface area contributed by atoms with Gasteiger partial charge in [0, 0.05) is 47.4 Å². The summed E-state index contributed by atoms with van der Waals surface area (Å²) in [5, 5.41) is 55.5. The molecule has 0 aliphatic carbocycles. The van der Waals surface area contributed by atoms with E-state index in [1.807, 2.05) is 48.5 Å². The predicted octanol–water partition coefficient (Wildman–Crippen LogP) is -0.202. The van der Waals surface area contributed by atoms with Gasteiger partial charge < -0.3 is 70.2 Å². The molecule has 8 aliphatic heterocycles. The summed E-state index contributed by atoms with van der Waals surface area (Å²) in [5.74, 6) is 11.0. The molecule has 342 valence electrons. The third-order valence-electron chi connectivity index (χ3n) is 13.2. The van der Waals surface area contributed by atoms with Gasteiger partial charge in [-0.15, -0.1) is 0 Å². The van der Waals surface area contributed by atoms with Gasteiger partial charge in [0.15, 0.2) is 23.3 Å². The molecule has 0 spiro atoms. The standard InChI is InChI=1S/C48H46N4O14/c1-60-30-13-12-27-36-39-25(23-8-3-2-4-9-23)10-5-6-17-61-41(30)40(27)65-42(36)35-28(21-52-20-24-14-16-51-37(24)29(52)22-53)26-11-7-15-48(59)44(58)38(57)47(63-31(26)18-32(35)62-39)66-45(48)43(46(49)50)64-34(56)19-33(54)55/h2-4,8-9,12-14,16,18,25,36,38-39,42-47,53,57-59H,6,15,17,19-22,49-50H2,1H3,(H,54,55)/p+1/t25-,36-,38-,39-,42+,43+,44-,45-,47-,48+/m1/s1. The van der Waals surface area contributed by atoms with Crippen molar-refractivity contribution in [2.75, 3.05) is 26.9 Å². The van der Waals surface area contributed by atoms with Gasteiger partial charge in [0.1, 0.15) is 79.4 Å². The van der Waals surface area contributed by atoms with Crippen molar-refractivity contribution < 1.29 is 73.2 Å². The minimum atomic E-state index is -2.49. The number of aliphatic hydroxyl groups excluding tert-OH is 3. The third-order valence-corrected chi connectivity index (χ3v) is 13.2. The maximum atomic E-state index is 12.7. The van der Waals surface area contributed by atoms with E-state index in [2.05, 4.69) is 28.7 Å². The molecule has 8 aliphatic rings. The van der Waals surface area contributed by atoms with Crippen LogP contribution >= 0.6 is 0 Å². The highest BCUT2D eigenvalue weighted by molar-refractivity contribution is 5.90. The van der Waals surface area contributed by atoms with Crippen LogP contribution in [0.25, 0.3) is 0 Å². The maximum Gasteiger partial charge on any atom is 0.317 e. The zero-order valence-electron chi connectivity index (χ0n) is 35.5.